The fourth-order valence-electron chi connectivity index (χ4n) is 2.77. The van der Waals surface area contributed by atoms with E-state index in [0.29, 0.717) is 22.9 Å². The van der Waals surface area contributed by atoms with E-state index in [9.17, 15) is 9.59 Å². The Morgan fingerprint density at radius 1 is 1.19 bits per heavy atom. The average molecular weight is 375 g/mol. The number of hydrogen-bond acceptors (Lipinski definition) is 3. The molecule has 0 saturated heterocycles. The van der Waals surface area contributed by atoms with Gasteiger partial charge < -0.3 is 15.0 Å². The molecule has 2 aromatic rings. The first-order chi connectivity index (χ1) is 12.5. The van der Waals surface area contributed by atoms with Gasteiger partial charge in [-0.3, -0.25) is 9.59 Å². The number of hydrogen-bond donors (Lipinski definition) is 1. The van der Waals surface area contributed by atoms with E-state index < -0.39 is 0 Å². The highest BCUT2D eigenvalue weighted by Crippen LogP contribution is 2.27. The van der Waals surface area contributed by atoms with Crippen LogP contribution in [0.5, 0.6) is 5.75 Å². The van der Waals surface area contributed by atoms with E-state index in [1.54, 1.807) is 25.2 Å². The van der Waals surface area contributed by atoms with Crippen LogP contribution in [-0.4, -0.2) is 37.4 Å². The topological polar surface area (TPSA) is 58.6 Å². The van der Waals surface area contributed by atoms with Gasteiger partial charge in [0.1, 0.15) is 5.75 Å². The predicted octanol–water partition coefficient (Wildman–Crippen LogP) is 3.94. The maximum atomic E-state index is 12.7. The summed E-state index contributed by atoms with van der Waals surface area (Å²) >= 11 is 5.97. The molecule has 0 aliphatic carbocycles. The number of carbonyl (C=O) groups excluding carboxylic acids is 2. The van der Waals surface area contributed by atoms with Crippen LogP contribution in [0.4, 0.5) is 5.69 Å². The van der Waals surface area contributed by atoms with Crippen molar-refractivity contribution in [3.8, 4) is 5.75 Å². The number of likely N-dealkylation sites (N-methyl/N-ethyl adjacent to an activating group) is 1. The van der Waals surface area contributed by atoms with E-state index in [1.807, 2.05) is 37.3 Å². The smallest absolute Gasteiger partial charge is 0.244 e. The summed E-state index contributed by atoms with van der Waals surface area (Å²) in [6, 6.07) is 14.5. The predicted molar refractivity (Wildman–Crippen MR) is 104 cm³/mol. The number of nitrogens with one attached hydrogen (secondary N) is 1. The molecule has 138 valence electrons. The van der Waals surface area contributed by atoms with Gasteiger partial charge in [0.05, 0.1) is 25.3 Å². The van der Waals surface area contributed by atoms with Gasteiger partial charge in [0.15, 0.2) is 0 Å². The Balaban J connectivity index is 2.04. The molecule has 0 aliphatic rings. The van der Waals surface area contributed by atoms with Crippen LogP contribution in [-0.2, 0) is 9.59 Å². The highest BCUT2D eigenvalue weighted by molar-refractivity contribution is 6.31. The van der Waals surface area contributed by atoms with Crippen molar-refractivity contribution in [3.63, 3.8) is 0 Å². The Morgan fingerprint density at radius 3 is 2.50 bits per heavy atom. The Labute approximate surface area is 158 Å². The summed E-state index contributed by atoms with van der Waals surface area (Å²) in [4.78, 5) is 26.5. The number of nitrogens with zero attached hydrogens (tertiary/aromatic N) is 1. The molecule has 0 bridgehead atoms. The standard InChI is InChI=1S/C20H23ClN2O3/c1-4-16(14-8-6-5-7-9-14)20(25)23(2)13-19(24)22-17-12-15(21)10-11-18(17)26-3/h5-12,16H,4,13H2,1-3H3,(H,22,24). The molecule has 5 nitrogen and oxygen atoms in total. The molecule has 1 unspecified atom stereocenters. The third kappa shape index (κ3) is 4.99. The van der Waals surface area contributed by atoms with Crippen molar-refractivity contribution in [2.45, 2.75) is 19.3 Å². The Bertz CT molecular complexity index is 765. The molecule has 6 heteroatoms. The number of carbonyl (C=O) groups is 2. The number of ether oxygens (including phenoxy) is 1. The van der Waals surface area contributed by atoms with Crippen molar-refractivity contribution in [1.29, 1.82) is 0 Å². The fraction of sp³-hybridized carbons (Fsp3) is 0.300. The Kier molecular flexibility index (Phi) is 7.04. The first-order valence-corrected chi connectivity index (χ1v) is 8.77. The summed E-state index contributed by atoms with van der Waals surface area (Å²) < 4.78 is 5.21. The quantitative estimate of drug-likeness (QED) is 0.798. The number of methoxy groups -OCH3 is 1. The van der Waals surface area contributed by atoms with Crippen molar-refractivity contribution < 1.29 is 14.3 Å². The number of benzene rings is 2. The molecule has 0 aliphatic heterocycles. The average Bonchev–Trinajstić information content (AvgIpc) is 2.63. The van der Waals surface area contributed by atoms with Gasteiger partial charge in [0.25, 0.3) is 0 Å². The van der Waals surface area contributed by atoms with Crippen LogP contribution in [0, 0.1) is 0 Å². The molecule has 2 amide bonds. The second-order valence-electron chi connectivity index (χ2n) is 5.96. The van der Waals surface area contributed by atoms with E-state index in [0.717, 1.165) is 5.56 Å². The van der Waals surface area contributed by atoms with Gasteiger partial charge in [-0.05, 0) is 30.2 Å². The van der Waals surface area contributed by atoms with Gasteiger partial charge in [0.2, 0.25) is 11.8 Å². The van der Waals surface area contributed by atoms with Crippen LogP contribution in [0.15, 0.2) is 48.5 Å². The van der Waals surface area contributed by atoms with Crippen LogP contribution in [0.2, 0.25) is 5.02 Å². The molecule has 0 spiro atoms. The monoisotopic (exact) mass is 374 g/mol. The first-order valence-electron chi connectivity index (χ1n) is 8.39. The zero-order valence-corrected chi connectivity index (χ0v) is 15.9. The molecule has 2 aromatic carbocycles. The molecule has 0 aromatic heterocycles. The normalized spacial score (nSPS) is 11.5. The van der Waals surface area contributed by atoms with Crippen LogP contribution in [0.25, 0.3) is 0 Å². The highest BCUT2D eigenvalue weighted by atomic mass is 35.5. The van der Waals surface area contributed by atoms with E-state index in [4.69, 9.17) is 16.3 Å². The summed E-state index contributed by atoms with van der Waals surface area (Å²) in [6.45, 7) is 1.90. The lowest BCUT2D eigenvalue weighted by Gasteiger charge is -2.23. The van der Waals surface area contributed by atoms with Gasteiger partial charge in [-0.2, -0.15) is 0 Å². The summed E-state index contributed by atoms with van der Waals surface area (Å²) in [5, 5.41) is 3.23. The lowest BCUT2D eigenvalue weighted by molar-refractivity contribution is -0.134. The van der Waals surface area contributed by atoms with E-state index in [-0.39, 0.29) is 24.3 Å². The molecule has 26 heavy (non-hydrogen) atoms. The summed E-state index contributed by atoms with van der Waals surface area (Å²) in [7, 11) is 3.14. The molecule has 1 N–H and O–H groups in total. The second-order valence-corrected chi connectivity index (χ2v) is 6.40. The molecular formula is C20H23ClN2O3. The van der Waals surface area contributed by atoms with Crippen molar-refractivity contribution in [3.05, 3.63) is 59.1 Å². The summed E-state index contributed by atoms with van der Waals surface area (Å²) in [5.74, 6) is -0.168. The van der Waals surface area contributed by atoms with Crippen LogP contribution >= 0.6 is 11.6 Å². The second kappa shape index (κ2) is 9.25. The molecule has 0 saturated carbocycles. The molecular weight excluding hydrogens is 352 g/mol. The van der Waals surface area contributed by atoms with Gasteiger partial charge in [-0.15, -0.1) is 0 Å². The van der Waals surface area contributed by atoms with Gasteiger partial charge >= 0.3 is 0 Å². The van der Waals surface area contributed by atoms with Gasteiger partial charge in [-0.1, -0.05) is 48.9 Å². The number of anilines is 1. The number of rotatable bonds is 7. The minimum Gasteiger partial charge on any atom is -0.495 e. The number of halogens is 1. The van der Waals surface area contributed by atoms with Crippen molar-refractivity contribution in [2.75, 3.05) is 26.0 Å². The zero-order valence-electron chi connectivity index (χ0n) is 15.2. The Hall–Kier alpha value is -2.53. The van der Waals surface area contributed by atoms with Crippen molar-refractivity contribution in [2.24, 2.45) is 0 Å². The van der Waals surface area contributed by atoms with Crippen molar-refractivity contribution >= 4 is 29.1 Å². The third-order valence-corrected chi connectivity index (χ3v) is 4.34. The van der Waals surface area contributed by atoms with Crippen molar-refractivity contribution in [1.82, 2.24) is 4.90 Å². The fourth-order valence-corrected chi connectivity index (χ4v) is 2.94. The SMILES string of the molecule is CCC(C(=O)N(C)CC(=O)Nc1cc(Cl)ccc1OC)c1ccccc1. The molecule has 0 fully saturated rings. The molecule has 0 radical (unpaired) electrons. The minimum absolute atomic E-state index is 0.0577. The molecule has 1 atom stereocenters. The lowest BCUT2D eigenvalue weighted by atomic mass is 9.95. The van der Waals surface area contributed by atoms with Crippen LogP contribution in [0.1, 0.15) is 24.8 Å². The van der Waals surface area contributed by atoms with Crippen LogP contribution in [0.3, 0.4) is 0 Å². The number of amides is 2. The zero-order chi connectivity index (χ0) is 19.1. The minimum atomic E-state index is -0.315. The van der Waals surface area contributed by atoms with Gasteiger partial charge in [0, 0.05) is 12.1 Å². The van der Waals surface area contributed by atoms with E-state index in [2.05, 4.69) is 5.32 Å². The highest BCUT2D eigenvalue weighted by Gasteiger charge is 2.23. The van der Waals surface area contributed by atoms with E-state index >= 15 is 0 Å². The molecule has 2 rings (SSSR count). The van der Waals surface area contributed by atoms with Gasteiger partial charge in [-0.25, -0.2) is 0 Å². The summed E-state index contributed by atoms with van der Waals surface area (Å²) in [5.41, 5.74) is 1.42. The maximum absolute atomic E-state index is 12.7. The summed E-state index contributed by atoms with van der Waals surface area (Å²) in [6.07, 6.45) is 0.664. The Morgan fingerprint density at radius 2 is 1.88 bits per heavy atom. The van der Waals surface area contributed by atoms with Crippen LogP contribution < -0.4 is 10.1 Å². The first kappa shape index (κ1) is 19.8. The lowest BCUT2D eigenvalue weighted by Crippen LogP contribution is -2.37. The third-order valence-electron chi connectivity index (χ3n) is 4.10. The van der Waals surface area contributed by atoms with E-state index in [1.165, 1.54) is 12.0 Å². The largest absolute Gasteiger partial charge is 0.495 e. The maximum Gasteiger partial charge on any atom is 0.244 e. The molecule has 0 heterocycles.